The first-order valence-electron chi connectivity index (χ1n) is 8.97. The first-order chi connectivity index (χ1) is 13.7. The summed E-state index contributed by atoms with van der Waals surface area (Å²) in [6.45, 7) is 7.61. The van der Waals surface area contributed by atoms with Crippen LogP contribution in [0.3, 0.4) is 0 Å². The van der Waals surface area contributed by atoms with Gasteiger partial charge in [-0.15, -0.1) is 0 Å². The molecule has 6 nitrogen and oxygen atoms in total. The molecule has 0 aliphatic rings. The van der Waals surface area contributed by atoms with E-state index in [2.05, 4.69) is 26.5 Å². The first-order valence-corrected chi connectivity index (χ1v) is 10.1. The number of aryl methyl sites for hydroxylation is 1. The third-order valence-corrected chi connectivity index (χ3v) is 4.98. The number of carbonyl (C=O) groups is 1. The lowest BCUT2D eigenvalue weighted by atomic mass is 10.1. The van der Waals surface area contributed by atoms with E-state index in [4.69, 9.17) is 25.8 Å². The van der Waals surface area contributed by atoms with E-state index in [1.54, 1.807) is 45.2 Å². The summed E-state index contributed by atoms with van der Waals surface area (Å²) in [6, 6.07) is 8.82. The van der Waals surface area contributed by atoms with Crippen LogP contribution >= 0.6 is 27.5 Å². The van der Waals surface area contributed by atoms with Gasteiger partial charge < -0.3 is 14.2 Å². The fourth-order valence-corrected chi connectivity index (χ4v) is 3.11. The van der Waals surface area contributed by atoms with Crippen LogP contribution in [0.5, 0.6) is 17.2 Å². The molecule has 2 rings (SSSR count). The van der Waals surface area contributed by atoms with Crippen LogP contribution in [0.2, 0.25) is 5.02 Å². The molecular weight excluding hydrogens is 460 g/mol. The fourth-order valence-electron chi connectivity index (χ4n) is 2.42. The van der Waals surface area contributed by atoms with Crippen molar-refractivity contribution in [2.75, 3.05) is 13.7 Å². The lowest BCUT2D eigenvalue weighted by Crippen LogP contribution is -2.44. The highest BCUT2D eigenvalue weighted by atomic mass is 79.9. The van der Waals surface area contributed by atoms with E-state index in [1.165, 1.54) is 6.21 Å². The smallest absolute Gasteiger partial charge is 0.283 e. The minimum absolute atomic E-state index is 0.390. The highest BCUT2D eigenvalue weighted by Gasteiger charge is 2.30. The van der Waals surface area contributed by atoms with Crippen LogP contribution in [0.1, 0.15) is 31.9 Å². The Morgan fingerprint density at radius 2 is 2.03 bits per heavy atom. The summed E-state index contributed by atoms with van der Waals surface area (Å²) in [6.07, 6.45) is 1.52. The van der Waals surface area contributed by atoms with Crippen molar-refractivity contribution < 1.29 is 19.0 Å². The van der Waals surface area contributed by atoms with E-state index in [9.17, 15) is 4.79 Å². The Morgan fingerprint density at radius 3 is 2.66 bits per heavy atom. The SMILES string of the molecule is CCOc1c(Br)cc(C=NNC(=O)C(C)(C)Oc2ccc(Cl)c(C)c2)cc1OC. The zero-order valence-corrected chi connectivity index (χ0v) is 19.3. The Hall–Kier alpha value is -2.25. The van der Waals surface area contributed by atoms with Gasteiger partial charge in [0.05, 0.1) is 24.4 Å². The fraction of sp³-hybridized carbons (Fsp3) is 0.333. The van der Waals surface area contributed by atoms with Crippen LogP contribution in [0.25, 0.3) is 0 Å². The van der Waals surface area contributed by atoms with E-state index in [1.807, 2.05) is 19.9 Å². The van der Waals surface area contributed by atoms with Crippen molar-refractivity contribution >= 4 is 39.7 Å². The van der Waals surface area contributed by atoms with Crippen molar-refractivity contribution in [1.82, 2.24) is 5.43 Å². The maximum absolute atomic E-state index is 12.5. The molecule has 0 unspecified atom stereocenters. The number of ether oxygens (including phenoxy) is 3. The van der Waals surface area contributed by atoms with Crippen molar-refractivity contribution in [3.8, 4) is 17.2 Å². The molecular formula is C21H24BrClN2O4. The highest BCUT2D eigenvalue weighted by Crippen LogP contribution is 2.36. The molecule has 0 bridgehead atoms. The van der Waals surface area contributed by atoms with Gasteiger partial charge in [0.25, 0.3) is 5.91 Å². The van der Waals surface area contributed by atoms with Gasteiger partial charge in [0.15, 0.2) is 17.1 Å². The van der Waals surface area contributed by atoms with Crippen LogP contribution in [-0.4, -0.2) is 31.4 Å². The second-order valence-corrected chi connectivity index (χ2v) is 7.95. The van der Waals surface area contributed by atoms with Crippen molar-refractivity contribution in [3.63, 3.8) is 0 Å². The van der Waals surface area contributed by atoms with Gasteiger partial charge in [-0.1, -0.05) is 11.6 Å². The third-order valence-electron chi connectivity index (χ3n) is 3.97. The third kappa shape index (κ3) is 6.11. The standard InChI is InChI=1S/C21H24BrClN2O4/c1-6-28-19-16(22)10-14(11-18(19)27-5)12-24-25-20(26)21(3,4)29-15-7-8-17(23)13(2)9-15/h7-12H,6H2,1-5H3,(H,25,26). The minimum atomic E-state index is -1.13. The van der Waals surface area contributed by atoms with E-state index >= 15 is 0 Å². The molecule has 8 heteroatoms. The topological polar surface area (TPSA) is 69.2 Å². The minimum Gasteiger partial charge on any atom is -0.493 e. The molecule has 156 valence electrons. The molecule has 2 aromatic rings. The number of nitrogens with zero attached hydrogens (tertiary/aromatic N) is 1. The molecule has 0 saturated carbocycles. The molecule has 0 fully saturated rings. The number of hydrogen-bond acceptors (Lipinski definition) is 5. The number of methoxy groups -OCH3 is 1. The average Bonchev–Trinajstić information content (AvgIpc) is 2.66. The molecule has 0 aliphatic carbocycles. The number of hydrogen-bond donors (Lipinski definition) is 1. The number of nitrogens with one attached hydrogen (secondary N) is 1. The zero-order valence-electron chi connectivity index (χ0n) is 17.0. The van der Waals surface area contributed by atoms with Crippen LogP contribution < -0.4 is 19.6 Å². The molecule has 0 saturated heterocycles. The Balaban J connectivity index is 2.07. The normalized spacial score (nSPS) is 11.4. The number of halogens is 2. The number of amides is 1. The molecule has 0 aliphatic heterocycles. The summed E-state index contributed by atoms with van der Waals surface area (Å²) >= 11 is 9.48. The van der Waals surface area contributed by atoms with E-state index in [0.717, 1.165) is 15.6 Å². The number of rotatable bonds is 8. The second kappa shape index (κ2) is 9.98. The number of hydrazone groups is 1. The molecule has 29 heavy (non-hydrogen) atoms. The summed E-state index contributed by atoms with van der Waals surface area (Å²) in [5, 5.41) is 4.67. The zero-order chi connectivity index (χ0) is 21.6. The van der Waals surface area contributed by atoms with Gasteiger partial charge in [0.2, 0.25) is 0 Å². The lowest BCUT2D eigenvalue weighted by molar-refractivity contribution is -0.134. The summed E-state index contributed by atoms with van der Waals surface area (Å²) in [7, 11) is 1.56. The van der Waals surface area contributed by atoms with Crippen molar-refractivity contribution in [3.05, 3.63) is 51.0 Å². The maximum atomic E-state index is 12.5. The van der Waals surface area contributed by atoms with Crippen LogP contribution in [0, 0.1) is 6.92 Å². The van der Waals surface area contributed by atoms with Crippen molar-refractivity contribution in [2.24, 2.45) is 5.10 Å². The van der Waals surface area contributed by atoms with Gasteiger partial charge in [-0.3, -0.25) is 4.79 Å². The highest BCUT2D eigenvalue weighted by molar-refractivity contribution is 9.10. The predicted octanol–water partition coefficient (Wildman–Crippen LogP) is 5.13. The van der Waals surface area contributed by atoms with Gasteiger partial charge in [0.1, 0.15) is 5.75 Å². The largest absolute Gasteiger partial charge is 0.493 e. The quantitative estimate of drug-likeness (QED) is 0.418. The molecule has 2 aromatic carbocycles. The van der Waals surface area contributed by atoms with E-state index in [0.29, 0.717) is 28.9 Å². The van der Waals surface area contributed by atoms with Crippen molar-refractivity contribution in [2.45, 2.75) is 33.3 Å². The number of carbonyl (C=O) groups excluding carboxylic acids is 1. The van der Waals surface area contributed by atoms with E-state index < -0.39 is 11.5 Å². The van der Waals surface area contributed by atoms with E-state index in [-0.39, 0.29) is 0 Å². The monoisotopic (exact) mass is 482 g/mol. The first kappa shape index (κ1) is 23.0. The summed E-state index contributed by atoms with van der Waals surface area (Å²) < 4.78 is 17.5. The van der Waals surface area contributed by atoms with Gasteiger partial charge >= 0.3 is 0 Å². The van der Waals surface area contributed by atoms with Gasteiger partial charge in [-0.2, -0.15) is 5.10 Å². The Kier molecular flexibility index (Phi) is 7.93. The van der Waals surface area contributed by atoms with Gasteiger partial charge in [-0.25, -0.2) is 5.43 Å². The van der Waals surface area contributed by atoms with Gasteiger partial charge in [-0.05, 0) is 85.1 Å². The summed E-state index contributed by atoms with van der Waals surface area (Å²) in [5.74, 6) is 1.34. The molecule has 0 atom stereocenters. The summed E-state index contributed by atoms with van der Waals surface area (Å²) in [5.41, 5.74) is 2.97. The maximum Gasteiger partial charge on any atom is 0.283 e. The molecule has 0 spiro atoms. The molecule has 0 heterocycles. The Morgan fingerprint density at radius 1 is 1.31 bits per heavy atom. The second-order valence-electron chi connectivity index (χ2n) is 6.69. The number of benzene rings is 2. The summed E-state index contributed by atoms with van der Waals surface area (Å²) in [4.78, 5) is 12.5. The van der Waals surface area contributed by atoms with Crippen LogP contribution in [0.4, 0.5) is 0 Å². The molecule has 1 amide bonds. The van der Waals surface area contributed by atoms with Crippen LogP contribution in [-0.2, 0) is 4.79 Å². The Labute approximate surface area is 184 Å². The molecule has 0 aromatic heterocycles. The average molecular weight is 484 g/mol. The predicted molar refractivity (Wildman–Crippen MR) is 118 cm³/mol. The molecule has 1 N–H and O–H groups in total. The lowest BCUT2D eigenvalue weighted by Gasteiger charge is -2.24. The van der Waals surface area contributed by atoms with Crippen molar-refractivity contribution in [1.29, 1.82) is 0 Å². The Bertz CT molecular complexity index is 916. The molecule has 0 radical (unpaired) electrons. The van der Waals surface area contributed by atoms with Crippen LogP contribution in [0.15, 0.2) is 39.9 Å². The van der Waals surface area contributed by atoms with Gasteiger partial charge in [0, 0.05) is 5.02 Å².